The van der Waals surface area contributed by atoms with Gasteiger partial charge in [-0.2, -0.15) is 0 Å². The van der Waals surface area contributed by atoms with Crippen LogP contribution in [0.2, 0.25) is 5.02 Å². The number of piperidine rings is 1. The molecule has 38 heavy (non-hydrogen) atoms. The second-order valence-electron chi connectivity index (χ2n) is 10.4. The van der Waals surface area contributed by atoms with Crippen LogP contribution in [-0.4, -0.2) is 50.6 Å². The van der Waals surface area contributed by atoms with Gasteiger partial charge >= 0.3 is 6.09 Å². The summed E-state index contributed by atoms with van der Waals surface area (Å²) in [6.07, 6.45) is 3.35. The number of hydrogen-bond donors (Lipinski definition) is 1. The Kier molecular flexibility index (Phi) is 8.72. The lowest BCUT2D eigenvalue weighted by atomic mass is 9.95. The fourth-order valence-corrected chi connectivity index (χ4v) is 5.18. The summed E-state index contributed by atoms with van der Waals surface area (Å²) < 4.78 is 22.1. The van der Waals surface area contributed by atoms with Gasteiger partial charge in [-0.3, -0.25) is 4.79 Å². The number of aromatic nitrogens is 3. The Bertz CT molecular complexity index is 1330. The molecule has 1 fully saturated rings. The summed E-state index contributed by atoms with van der Waals surface area (Å²) in [7, 11) is 0. The first-order valence-electron chi connectivity index (χ1n) is 12.4. The van der Waals surface area contributed by atoms with Gasteiger partial charge in [0.25, 0.3) is 5.91 Å². The van der Waals surface area contributed by atoms with E-state index in [0.717, 1.165) is 24.1 Å². The predicted molar refractivity (Wildman–Crippen MR) is 146 cm³/mol. The summed E-state index contributed by atoms with van der Waals surface area (Å²) in [6.45, 7) is 7.19. The SMILES string of the molecule is CC(C)(C)OC(=O)N1CCCC(c2cn(Cc3cccc(C(=O)NCc4cc(Br)cc(Cl)c4F)c3)nn2)C1. The van der Waals surface area contributed by atoms with Gasteiger partial charge < -0.3 is 15.0 Å². The molecule has 1 aliphatic heterocycles. The van der Waals surface area contributed by atoms with Gasteiger partial charge in [-0.1, -0.05) is 44.9 Å². The number of ether oxygens (including phenoxy) is 1. The van der Waals surface area contributed by atoms with Crippen LogP contribution in [0, 0.1) is 5.82 Å². The first-order chi connectivity index (χ1) is 18.0. The van der Waals surface area contributed by atoms with Crippen molar-refractivity contribution < 1.29 is 18.7 Å². The average Bonchev–Trinajstić information content (AvgIpc) is 3.33. The fraction of sp³-hybridized carbons (Fsp3) is 0.407. The highest BCUT2D eigenvalue weighted by Gasteiger charge is 2.29. The van der Waals surface area contributed by atoms with Gasteiger partial charge in [0, 0.05) is 47.3 Å². The van der Waals surface area contributed by atoms with Crippen LogP contribution in [0.5, 0.6) is 0 Å². The molecular weight excluding hydrogens is 577 g/mol. The topological polar surface area (TPSA) is 89.4 Å². The average molecular weight is 607 g/mol. The van der Waals surface area contributed by atoms with Crippen molar-refractivity contribution in [1.82, 2.24) is 25.2 Å². The van der Waals surface area contributed by atoms with E-state index in [1.54, 1.807) is 33.8 Å². The van der Waals surface area contributed by atoms with E-state index in [0.29, 0.717) is 29.7 Å². The fourth-order valence-electron chi connectivity index (χ4n) is 4.30. The molecule has 8 nitrogen and oxygen atoms in total. The van der Waals surface area contributed by atoms with Crippen LogP contribution in [0.4, 0.5) is 9.18 Å². The Hall–Kier alpha value is -2.98. The Balaban J connectivity index is 1.37. The molecule has 202 valence electrons. The van der Waals surface area contributed by atoms with Crippen molar-refractivity contribution in [2.45, 2.75) is 58.2 Å². The van der Waals surface area contributed by atoms with Crippen molar-refractivity contribution in [2.24, 2.45) is 0 Å². The summed E-state index contributed by atoms with van der Waals surface area (Å²) in [4.78, 5) is 27.0. The zero-order valence-electron chi connectivity index (χ0n) is 21.5. The number of amides is 2. The number of carbonyl (C=O) groups excluding carboxylic acids is 2. The van der Waals surface area contributed by atoms with Crippen LogP contribution in [-0.2, 0) is 17.8 Å². The largest absolute Gasteiger partial charge is 0.444 e. The smallest absolute Gasteiger partial charge is 0.410 e. The first-order valence-corrected chi connectivity index (χ1v) is 13.5. The molecule has 1 N–H and O–H groups in total. The molecule has 1 saturated heterocycles. The normalized spacial score (nSPS) is 15.8. The minimum absolute atomic E-state index is 0.00217. The van der Waals surface area contributed by atoms with Crippen LogP contribution in [0.15, 0.2) is 47.1 Å². The Morgan fingerprint density at radius 1 is 1.26 bits per heavy atom. The number of halogens is 3. The zero-order valence-corrected chi connectivity index (χ0v) is 23.9. The summed E-state index contributed by atoms with van der Waals surface area (Å²) in [5.74, 6) is -0.807. The number of carbonyl (C=O) groups is 2. The van der Waals surface area contributed by atoms with Crippen molar-refractivity contribution in [3.05, 3.63) is 80.3 Å². The zero-order chi connectivity index (χ0) is 27.4. The maximum atomic E-state index is 14.3. The molecule has 0 aliphatic carbocycles. The predicted octanol–water partition coefficient (Wildman–Crippen LogP) is 5.93. The molecule has 2 amide bonds. The number of rotatable bonds is 6. The molecule has 4 rings (SSSR count). The van der Waals surface area contributed by atoms with Crippen molar-refractivity contribution in [2.75, 3.05) is 13.1 Å². The highest BCUT2D eigenvalue weighted by atomic mass is 79.9. The van der Waals surface area contributed by atoms with E-state index in [9.17, 15) is 14.0 Å². The number of benzene rings is 2. The summed E-state index contributed by atoms with van der Waals surface area (Å²) in [5.41, 5.74) is 1.88. The third-order valence-corrected chi connectivity index (χ3v) is 6.82. The molecule has 1 unspecified atom stereocenters. The van der Waals surface area contributed by atoms with Crippen LogP contribution < -0.4 is 5.32 Å². The van der Waals surface area contributed by atoms with E-state index in [1.165, 1.54) is 6.07 Å². The molecular formula is C27H30BrClFN5O3. The third kappa shape index (κ3) is 7.32. The van der Waals surface area contributed by atoms with Gasteiger partial charge in [0.1, 0.15) is 11.4 Å². The van der Waals surface area contributed by atoms with E-state index in [-0.39, 0.29) is 35.0 Å². The van der Waals surface area contributed by atoms with Gasteiger partial charge in [-0.25, -0.2) is 13.9 Å². The van der Waals surface area contributed by atoms with Gasteiger partial charge in [0.05, 0.1) is 17.3 Å². The summed E-state index contributed by atoms with van der Waals surface area (Å²) in [5, 5.41) is 11.3. The molecule has 1 aromatic heterocycles. The van der Waals surface area contributed by atoms with Crippen molar-refractivity contribution >= 4 is 39.5 Å². The third-order valence-electron chi connectivity index (χ3n) is 6.09. The van der Waals surface area contributed by atoms with Crippen LogP contribution in [0.25, 0.3) is 0 Å². The van der Waals surface area contributed by atoms with Gasteiger partial charge in [-0.15, -0.1) is 5.10 Å². The second-order valence-corrected chi connectivity index (χ2v) is 11.7. The monoisotopic (exact) mass is 605 g/mol. The summed E-state index contributed by atoms with van der Waals surface area (Å²) >= 11 is 9.18. The molecule has 1 aliphatic rings. The number of nitrogens with one attached hydrogen (secondary N) is 1. The minimum atomic E-state index is -0.557. The van der Waals surface area contributed by atoms with Crippen molar-refractivity contribution in [3.8, 4) is 0 Å². The Morgan fingerprint density at radius 3 is 2.82 bits per heavy atom. The summed E-state index contributed by atoms with van der Waals surface area (Å²) in [6, 6.07) is 10.2. The maximum absolute atomic E-state index is 14.3. The van der Waals surface area contributed by atoms with Gasteiger partial charge in [0.15, 0.2) is 0 Å². The highest BCUT2D eigenvalue weighted by molar-refractivity contribution is 9.10. The van der Waals surface area contributed by atoms with E-state index < -0.39 is 11.4 Å². The minimum Gasteiger partial charge on any atom is -0.444 e. The molecule has 11 heteroatoms. The van der Waals surface area contributed by atoms with Crippen molar-refractivity contribution in [1.29, 1.82) is 0 Å². The lowest BCUT2D eigenvalue weighted by Crippen LogP contribution is -2.42. The molecule has 0 bridgehead atoms. The highest BCUT2D eigenvalue weighted by Crippen LogP contribution is 2.27. The van der Waals surface area contributed by atoms with Crippen molar-refractivity contribution in [3.63, 3.8) is 0 Å². The van der Waals surface area contributed by atoms with Gasteiger partial charge in [-0.05, 0) is 63.4 Å². The van der Waals surface area contributed by atoms with Gasteiger partial charge in [0.2, 0.25) is 0 Å². The Morgan fingerprint density at radius 2 is 2.05 bits per heavy atom. The lowest BCUT2D eigenvalue weighted by molar-refractivity contribution is 0.0197. The maximum Gasteiger partial charge on any atom is 0.410 e. The van der Waals surface area contributed by atoms with Crippen LogP contribution >= 0.6 is 27.5 Å². The number of likely N-dealkylation sites (tertiary alicyclic amines) is 1. The van der Waals surface area contributed by atoms with Crippen LogP contribution in [0.1, 0.15) is 66.7 Å². The first kappa shape index (κ1) is 28.0. The molecule has 2 heterocycles. The van der Waals surface area contributed by atoms with E-state index in [1.807, 2.05) is 33.0 Å². The number of hydrogen-bond acceptors (Lipinski definition) is 5. The second kappa shape index (κ2) is 11.8. The van der Waals surface area contributed by atoms with E-state index >= 15 is 0 Å². The molecule has 3 aromatic rings. The molecule has 0 saturated carbocycles. The molecule has 0 radical (unpaired) electrons. The molecule has 1 atom stereocenters. The standard InChI is InChI=1S/C27H30BrClFN5O3/c1-27(2,3)38-26(37)34-9-5-8-19(15-34)23-16-35(33-32-23)14-17-6-4-7-18(10-17)25(36)31-13-20-11-21(28)12-22(29)24(20)30/h4,6-7,10-12,16,19H,5,8-9,13-15H2,1-3H3,(H,31,36). The van der Waals surface area contributed by atoms with E-state index in [2.05, 4.69) is 31.6 Å². The molecule has 2 aromatic carbocycles. The molecule has 0 spiro atoms. The lowest BCUT2D eigenvalue weighted by Gasteiger charge is -2.33. The number of nitrogens with zero attached hydrogens (tertiary/aromatic N) is 4. The van der Waals surface area contributed by atoms with E-state index in [4.69, 9.17) is 16.3 Å². The quantitative estimate of drug-likeness (QED) is 0.352. The van der Waals surface area contributed by atoms with Crippen LogP contribution in [0.3, 0.4) is 0 Å². The Labute approximate surface area is 234 Å².